The first-order chi connectivity index (χ1) is 8.87. The van der Waals surface area contributed by atoms with Crippen LogP contribution in [-0.4, -0.2) is 46.6 Å². The molecule has 1 unspecified atom stereocenters. The molecule has 0 N–H and O–H groups in total. The summed E-state index contributed by atoms with van der Waals surface area (Å²) >= 11 is 3.10. The van der Waals surface area contributed by atoms with Gasteiger partial charge < -0.3 is 0 Å². The van der Waals surface area contributed by atoms with Crippen molar-refractivity contribution in [2.24, 2.45) is 13.0 Å². The second kappa shape index (κ2) is 5.29. The van der Waals surface area contributed by atoms with Crippen molar-refractivity contribution in [3.8, 4) is 0 Å². The third-order valence-corrected chi connectivity index (χ3v) is 6.06. The summed E-state index contributed by atoms with van der Waals surface area (Å²) in [6, 6.07) is 0. The zero-order valence-electron chi connectivity index (χ0n) is 10.7. The van der Waals surface area contributed by atoms with Gasteiger partial charge in [-0.1, -0.05) is 12.1 Å². The number of piperidine rings is 1. The van der Waals surface area contributed by atoms with E-state index in [1.807, 2.05) is 6.92 Å². The van der Waals surface area contributed by atoms with Crippen LogP contribution in [0.1, 0.15) is 19.8 Å². The molecule has 7 nitrogen and oxygen atoms in total. The maximum Gasteiger partial charge on any atom is 0.263 e. The minimum absolute atomic E-state index is 0.0247. The summed E-state index contributed by atoms with van der Waals surface area (Å²) in [4.78, 5) is 11.7. The number of hydrogen-bond donors (Lipinski definition) is 0. The fraction of sp³-hybridized carbons (Fsp3) is 0.700. The first-order valence-electron chi connectivity index (χ1n) is 5.96. The van der Waals surface area contributed by atoms with Crippen molar-refractivity contribution < 1.29 is 13.2 Å². The molecule has 1 atom stereocenters. The first kappa shape index (κ1) is 14.6. The number of ketones is 1. The summed E-state index contributed by atoms with van der Waals surface area (Å²) in [6.07, 6.45) is 0.913. The summed E-state index contributed by atoms with van der Waals surface area (Å²) < 4.78 is 27.8. The summed E-state index contributed by atoms with van der Waals surface area (Å²) in [6.45, 7) is 2.34. The van der Waals surface area contributed by atoms with E-state index in [0.717, 1.165) is 0 Å². The molecular weight excluding hydrogens is 336 g/mol. The maximum atomic E-state index is 12.5. The Balaban J connectivity index is 2.33. The highest BCUT2D eigenvalue weighted by Crippen LogP contribution is 2.26. The van der Waals surface area contributed by atoms with Gasteiger partial charge in [-0.25, -0.2) is 13.1 Å². The number of hydrogen-bond acceptors (Lipinski definition) is 5. The van der Waals surface area contributed by atoms with Crippen molar-refractivity contribution in [2.75, 3.05) is 13.1 Å². The molecule has 9 heteroatoms. The quantitative estimate of drug-likeness (QED) is 0.795. The van der Waals surface area contributed by atoms with Gasteiger partial charge in [0.05, 0.1) is 0 Å². The van der Waals surface area contributed by atoms with Crippen LogP contribution in [0, 0.1) is 5.92 Å². The Labute approximate surface area is 120 Å². The first-order valence-corrected chi connectivity index (χ1v) is 8.19. The van der Waals surface area contributed by atoms with E-state index >= 15 is 0 Å². The normalized spacial score (nSPS) is 21.8. The largest absolute Gasteiger partial charge is 0.299 e. The van der Waals surface area contributed by atoms with Crippen LogP contribution >= 0.6 is 15.9 Å². The fourth-order valence-corrected chi connectivity index (χ4v) is 4.69. The molecule has 0 amide bonds. The molecule has 1 saturated heterocycles. The van der Waals surface area contributed by atoms with Gasteiger partial charge in [0.15, 0.2) is 4.60 Å². The number of aryl methyl sites for hydroxylation is 1. The van der Waals surface area contributed by atoms with E-state index in [0.29, 0.717) is 6.42 Å². The average Bonchev–Trinajstić information content (AvgIpc) is 2.69. The number of Topliss-reactive ketones (excluding diaryl/α,β-unsaturated/α-hetero) is 1. The predicted molar refractivity (Wildman–Crippen MR) is 70.9 cm³/mol. The number of carbonyl (C=O) groups is 1. The van der Waals surface area contributed by atoms with E-state index in [9.17, 15) is 13.2 Å². The molecular formula is C10H15BrN4O3S. The number of aromatic nitrogens is 3. The third kappa shape index (κ3) is 2.59. The molecule has 1 aliphatic heterocycles. The van der Waals surface area contributed by atoms with Crippen molar-refractivity contribution in [3.05, 3.63) is 4.60 Å². The zero-order chi connectivity index (χ0) is 14.2. The van der Waals surface area contributed by atoms with Gasteiger partial charge >= 0.3 is 0 Å². The smallest absolute Gasteiger partial charge is 0.263 e. The van der Waals surface area contributed by atoms with Gasteiger partial charge in [-0.2, -0.15) is 4.31 Å². The average molecular weight is 351 g/mol. The molecule has 19 heavy (non-hydrogen) atoms. The van der Waals surface area contributed by atoms with Gasteiger partial charge in [0, 0.05) is 32.5 Å². The van der Waals surface area contributed by atoms with Gasteiger partial charge in [0.2, 0.25) is 5.03 Å². The Morgan fingerprint density at radius 1 is 1.47 bits per heavy atom. The molecule has 2 heterocycles. The number of rotatable bonds is 3. The second-order valence-electron chi connectivity index (χ2n) is 4.49. The van der Waals surface area contributed by atoms with Gasteiger partial charge in [0.1, 0.15) is 5.78 Å². The Morgan fingerprint density at radius 2 is 2.16 bits per heavy atom. The molecule has 0 spiro atoms. The van der Waals surface area contributed by atoms with E-state index in [-0.39, 0.29) is 40.8 Å². The van der Waals surface area contributed by atoms with Crippen LogP contribution in [0.25, 0.3) is 0 Å². The van der Waals surface area contributed by atoms with Gasteiger partial charge in [-0.15, -0.1) is 5.10 Å². The molecule has 1 aromatic heterocycles. The molecule has 0 aliphatic carbocycles. The Kier molecular flexibility index (Phi) is 4.07. The predicted octanol–water partition coefficient (Wildman–Crippen LogP) is 0.567. The maximum absolute atomic E-state index is 12.5. The van der Waals surface area contributed by atoms with Crippen molar-refractivity contribution in [1.29, 1.82) is 0 Å². The van der Waals surface area contributed by atoms with Crippen LogP contribution in [0.15, 0.2) is 9.63 Å². The number of nitrogens with zero attached hydrogens (tertiary/aromatic N) is 4. The van der Waals surface area contributed by atoms with Gasteiger partial charge in [0.25, 0.3) is 10.0 Å². The van der Waals surface area contributed by atoms with Crippen molar-refractivity contribution >= 4 is 31.7 Å². The Hall–Kier alpha value is -0.800. The minimum Gasteiger partial charge on any atom is -0.299 e. The monoisotopic (exact) mass is 350 g/mol. The summed E-state index contributed by atoms with van der Waals surface area (Å²) in [5, 5.41) is 7.39. The molecule has 1 fully saturated rings. The Bertz CT molecular complexity index is 578. The van der Waals surface area contributed by atoms with Gasteiger partial charge in [-0.05, 0) is 22.4 Å². The van der Waals surface area contributed by atoms with Crippen LogP contribution < -0.4 is 0 Å². The van der Waals surface area contributed by atoms with Crippen LogP contribution in [0.3, 0.4) is 0 Å². The highest BCUT2D eigenvalue weighted by atomic mass is 79.9. The highest BCUT2D eigenvalue weighted by molar-refractivity contribution is 9.10. The van der Waals surface area contributed by atoms with Crippen LogP contribution in [0.5, 0.6) is 0 Å². The van der Waals surface area contributed by atoms with Crippen LogP contribution in [0.2, 0.25) is 0 Å². The van der Waals surface area contributed by atoms with E-state index in [1.165, 1.54) is 16.0 Å². The number of sulfonamides is 1. The van der Waals surface area contributed by atoms with E-state index in [2.05, 4.69) is 26.2 Å². The second-order valence-corrected chi connectivity index (χ2v) is 7.10. The van der Waals surface area contributed by atoms with Crippen molar-refractivity contribution in [2.45, 2.75) is 24.8 Å². The van der Waals surface area contributed by atoms with Crippen molar-refractivity contribution in [3.63, 3.8) is 0 Å². The molecule has 106 valence electrons. The molecule has 0 bridgehead atoms. The topological polar surface area (TPSA) is 85.2 Å². The summed E-state index contributed by atoms with van der Waals surface area (Å²) in [5.74, 6) is -0.0837. The van der Waals surface area contributed by atoms with Crippen molar-refractivity contribution in [1.82, 2.24) is 19.3 Å². The molecule has 0 saturated carbocycles. The van der Waals surface area contributed by atoms with E-state index in [1.54, 1.807) is 0 Å². The van der Waals surface area contributed by atoms with Crippen LogP contribution in [0.4, 0.5) is 0 Å². The lowest BCUT2D eigenvalue weighted by molar-refractivity contribution is -0.125. The lowest BCUT2D eigenvalue weighted by Crippen LogP contribution is -2.44. The molecule has 1 aromatic rings. The zero-order valence-corrected chi connectivity index (χ0v) is 13.1. The number of carbonyl (C=O) groups excluding carboxylic acids is 1. The molecule has 0 radical (unpaired) electrons. The standard InChI is InChI=1S/C10H15BrN4O3S/c1-3-7-6-15(5-4-8(7)16)19(17,18)10-9(11)12-13-14(10)2/h7H,3-6H2,1-2H3. The Morgan fingerprint density at radius 3 is 2.68 bits per heavy atom. The lowest BCUT2D eigenvalue weighted by Gasteiger charge is -2.30. The lowest BCUT2D eigenvalue weighted by atomic mass is 9.96. The van der Waals surface area contributed by atoms with Crippen LogP contribution in [-0.2, 0) is 21.9 Å². The summed E-state index contributed by atoms with van der Waals surface area (Å²) in [7, 11) is -2.15. The van der Waals surface area contributed by atoms with E-state index in [4.69, 9.17) is 0 Å². The minimum atomic E-state index is -3.67. The molecule has 1 aliphatic rings. The third-order valence-electron chi connectivity index (χ3n) is 3.30. The fourth-order valence-electron chi connectivity index (χ4n) is 2.17. The summed E-state index contributed by atoms with van der Waals surface area (Å²) in [5.41, 5.74) is 0. The molecule has 0 aromatic carbocycles. The van der Waals surface area contributed by atoms with E-state index < -0.39 is 10.0 Å². The van der Waals surface area contributed by atoms with Gasteiger partial charge in [-0.3, -0.25) is 4.79 Å². The molecule has 2 rings (SSSR count). The highest BCUT2D eigenvalue weighted by Gasteiger charge is 2.36. The SMILES string of the molecule is CCC1CN(S(=O)(=O)c2c(Br)nnn2C)CCC1=O. The number of halogens is 1.